The highest BCUT2D eigenvalue weighted by Gasteiger charge is 2.34. The number of aliphatic hydroxyl groups is 1. The number of nitrogens with zero attached hydrogens (tertiary/aromatic N) is 2. The summed E-state index contributed by atoms with van der Waals surface area (Å²) in [5, 5.41) is 15.0. The average molecular weight is 418 g/mol. The third-order valence-electron chi connectivity index (χ3n) is 4.98. The van der Waals surface area contributed by atoms with E-state index in [1.807, 2.05) is 0 Å². The third kappa shape index (κ3) is 5.80. The Hall–Kier alpha value is -2.91. The summed E-state index contributed by atoms with van der Waals surface area (Å²) < 4.78 is 4.76. The number of aliphatic hydroxyl groups excluding tert-OH is 1. The second-order valence-electron chi connectivity index (χ2n) is 6.78. The van der Waals surface area contributed by atoms with Crippen molar-refractivity contribution in [3.63, 3.8) is 0 Å². The zero-order chi connectivity index (χ0) is 22.1. The maximum atomic E-state index is 12.5. The van der Waals surface area contributed by atoms with Gasteiger partial charge in [0.05, 0.1) is 25.8 Å². The number of methoxy groups -OCH3 is 1. The van der Waals surface area contributed by atoms with Crippen LogP contribution in [0.15, 0.2) is 35.5 Å². The first kappa shape index (κ1) is 23.4. The zero-order valence-corrected chi connectivity index (χ0v) is 17.7. The van der Waals surface area contributed by atoms with Gasteiger partial charge in [-0.2, -0.15) is 0 Å². The first-order chi connectivity index (χ1) is 14.4. The van der Waals surface area contributed by atoms with Crippen LogP contribution < -0.4 is 10.6 Å². The predicted molar refractivity (Wildman–Crippen MR) is 113 cm³/mol. The molecule has 1 heterocycles. The van der Waals surface area contributed by atoms with Gasteiger partial charge in [-0.05, 0) is 37.4 Å². The zero-order valence-electron chi connectivity index (χ0n) is 17.7. The van der Waals surface area contributed by atoms with Crippen LogP contribution in [-0.4, -0.2) is 85.7 Å². The Balaban J connectivity index is 2.04. The number of carbonyl (C=O) groups is 3. The number of hydrogen-bond acceptors (Lipinski definition) is 7. The van der Waals surface area contributed by atoms with Crippen LogP contribution in [0.25, 0.3) is 0 Å². The van der Waals surface area contributed by atoms with Gasteiger partial charge in [-0.3, -0.25) is 9.59 Å². The summed E-state index contributed by atoms with van der Waals surface area (Å²) in [6.07, 6.45) is 0. The van der Waals surface area contributed by atoms with Crippen molar-refractivity contribution in [2.75, 3.05) is 58.3 Å². The van der Waals surface area contributed by atoms with Crippen LogP contribution in [-0.2, 0) is 14.3 Å². The van der Waals surface area contributed by atoms with Gasteiger partial charge in [0.2, 0.25) is 0 Å². The van der Waals surface area contributed by atoms with Crippen molar-refractivity contribution in [2.45, 2.75) is 13.8 Å². The molecule has 1 aliphatic rings. The lowest BCUT2D eigenvalue weighted by atomic mass is 10.1. The molecule has 0 atom stereocenters. The Morgan fingerprint density at radius 3 is 2.43 bits per heavy atom. The molecule has 0 fully saturated rings. The Morgan fingerprint density at radius 1 is 1.20 bits per heavy atom. The summed E-state index contributed by atoms with van der Waals surface area (Å²) in [5.74, 6) is -1.16. The number of amides is 2. The van der Waals surface area contributed by atoms with Gasteiger partial charge in [-0.25, -0.2) is 4.79 Å². The van der Waals surface area contributed by atoms with Crippen LogP contribution in [0.3, 0.4) is 0 Å². The molecule has 0 bridgehead atoms. The standard InChI is InChI=1S/C21H30N4O5/c1-4-24(5-2)11-10-22-19(27)15-6-8-16(9-7-15)23-18-17(21(29)30-3)14-25(12-13-26)20(18)28/h6-9,23,26H,4-5,10-14H2,1-3H3,(H,22,27). The van der Waals surface area contributed by atoms with Crippen molar-refractivity contribution in [1.82, 2.24) is 15.1 Å². The van der Waals surface area contributed by atoms with E-state index >= 15 is 0 Å². The molecule has 0 spiro atoms. The smallest absolute Gasteiger partial charge is 0.337 e. The van der Waals surface area contributed by atoms with Gasteiger partial charge in [0, 0.05) is 30.9 Å². The number of nitrogens with one attached hydrogen (secondary N) is 2. The molecule has 9 heteroatoms. The van der Waals surface area contributed by atoms with E-state index in [1.165, 1.54) is 12.0 Å². The molecule has 0 radical (unpaired) electrons. The number of benzene rings is 1. The Labute approximate surface area is 176 Å². The summed E-state index contributed by atoms with van der Waals surface area (Å²) in [5.41, 5.74) is 1.38. The molecule has 0 aromatic heterocycles. The lowest BCUT2D eigenvalue weighted by Crippen LogP contribution is -2.34. The van der Waals surface area contributed by atoms with Crippen LogP contribution >= 0.6 is 0 Å². The second kappa shape index (κ2) is 11.3. The molecular formula is C21H30N4O5. The van der Waals surface area contributed by atoms with Crippen LogP contribution in [0.1, 0.15) is 24.2 Å². The number of carbonyl (C=O) groups excluding carboxylic acids is 3. The molecule has 0 unspecified atom stereocenters. The molecule has 1 aromatic rings. The summed E-state index contributed by atoms with van der Waals surface area (Å²) in [6, 6.07) is 6.64. The fraction of sp³-hybridized carbons (Fsp3) is 0.476. The molecule has 0 saturated carbocycles. The molecule has 2 amide bonds. The molecule has 9 nitrogen and oxygen atoms in total. The lowest BCUT2D eigenvalue weighted by molar-refractivity contribution is -0.136. The van der Waals surface area contributed by atoms with Gasteiger partial charge in [0.1, 0.15) is 5.70 Å². The van der Waals surface area contributed by atoms with Gasteiger partial charge in [0.25, 0.3) is 11.8 Å². The van der Waals surface area contributed by atoms with E-state index in [0.29, 0.717) is 17.8 Å². The number of hydrogen-bond donors (Lipinski definition) is 3. The highest BCUT2D eigenvalue weighted by molar-refractivity contribution is 6.08. The molecule has 1 aliphatic heterocycles. The maximum absolute atomic E-state index is 12.5. The largest absolute Gasteiger partial charge is 0.466 e. The summed E-state index contributed by atoms with van der Waals surface area (Å²) in [6.45, 7) is 7.37. The molecule has 0 aliphatic carbocycles. The van der Waals surface area contributed by atoms with Gasteiger partial charge in [0.15, 0.2) is 0 Å². The number of rotatable bonds is 11. The number of esters is 1. The monoisotopic (exact) mass is 418 g/mol. The van der Waals surface area contributed by atoms with Crippen molar-refractivity contribution in [3.8, 4) is 0 Å². The highest BCUT2D eigenvalue weighted by atomic mass is 16.5. The van der Waals surface area contributed by atoms with Crippen molar-refractivity contribution in [1.29, 1.82) is 0 Å². The average Bonchev–Trinajstić information content (AvgIpc) is 3.06. The molecule has 3 N–H and O–H groups in total. The van der Waals surface area contributed by atoms with E-state index in [0.717, 1.165) is 19.6 Å². The fourth-order valence-electron chi connectivity index (χ4n) is 3.17. The molecule has 1 aromatic carbocycles. The minimum absolute atomic E-state index is 0.0709. The predicted octanol–water partition coefficient (Wildman–Crippen LogP) is 0.432. The fourth-order valence-corrected chi connectivity index (χ4v) is 3.17. The van der Waals surface area contributed by atoms with E-state index in [9.17, 15) is 14.4 Å². The normalized spacial score (nSPS) is 13.8. The molecule has 2 rings (SSSR count). The van der Waals surface area contributed by atoms with Crippen LogP contribution in [0.2, 0.25) is 0 Å². The summed E-state index contributed by atoms with van der Waals surface area (Å²) in [7, 11) is 1.25. The molecule has 30 heavy (non-hydrogen) atoms. The van der Waals surface area contributed by atoms with Crippen molar-refractivity contribution in [3.05, 3.63) is 41.1 Å². The quantitative estimate of drug-likeness (QED) is 0.447. The van der Waals surface area contributed by atoms with Gasteiger partial charge in [-0.1, -0.05) is 13.8 Å². The van der Waals surface area contributed by atoms with E-state index in [4.69, 9.17) is 9.84 Å². The molecule has 164 valence electrons. The van der Waals surface area contributed by atoms with Gasteiger partial charge in [-0.15, -0.1) is 0 Å². The third-order valence-corrected chi connectivity index (χ3v) is 4.98. The van der Waals surface area contributed by atoms with E-state index < -0.39 is 5.97 Å². The topological polar surface area (TPSA) is 111 Å². The highest BCUT2D eigenvalue weighted by Crippen LogP contribution is 2.22. The van der Waals surface area contributed by atoms with Crippen LogP contribution in [0.5, 0.6) is 0 Å². The van der Waals surface area contributed by atoms with Gasteiger partial charge >= 0.3 is 5.97 Å². The van der Waals surface area contributed by atoms with Crippen LogP contribution in [0, 0.1) is 0 Å². The maximum Gasteiger partial charge on any atom is 0.337 e. The molecular weight excluding hydrogens is 388 g/mol. The second-order valence-corrected chi connectivity index (χ2v) is 6.78. The van der Waals surface area contributed by atoms with Crippen molar-refractivity contribution in [2.24, 2.45) is 0 Å². The Kier molecular flexibility index (Phi) is 8.82. The summed E-state index contributed by atoms with van der Waals surface area (Å²) in [4.78, 5) is 40.5. The summed E-state index contributed by atoms with van der Waals surface area (Å²) >= 11 is 0. The van der Waals surface area contributed by atoms with Crippen molar-refractivity contribution >= 4 is 23.5 Å². The number of anilines is 1. The number of ether oxygens (including phenoxy) is 1. The van der Waals surface area contributed by atoms with E-state index in [-0.39, 0.29) is 42.8 Å². The number of β-amino-alcohol motifs (C(OH)–C–C–N with tert-alkyl or cyclic N) is 1. The minimum atomic E-state index is -0.601. The lowest BCUT2D eigenvalue weighted by Gasteiger charge is -2.18. The number of likely N-dealkylation sites (N-methyl/N-ethyl adjacent to an activating group) is 1. The first-order valence-corrected chi connectivity index (χ1v) is 10.0. The minimum Gasteiger partial charge on any atom is -0.466 e. The van der Waals surface area contributed by atoms with Crippen molar-refractivity contribution < 1.29 is 24.2 Å². The first-order valence-electron chi connectivity index (χ1n) is 10.0. The van der Waals surface area contributed by atoms with E-state index in [2.05, 4.69) is 29.4 Å². The Morgan fingerprint density at radius 2 is 1.87 bits per heavy atom. The SMILES string of the molecule is CCN(CC)CCNC(=O)c1ccc(NC2=C(C(=O)OC)CN(CCO)C2=O)cc1. The van der Waals surface area contributed by atoms with Gasteiger partial charge < -0.3 is 30.3 Å². The molecule has 0 saturated heterocycles. The Bertz CT molecular complexity index is 787. The van der Waals surface area contributed by atoms with E-state index in [1.54, 1.807) is 24.3 Å². The van der Waals surface area contributed by atoms with Crippen LogP contribution in [0.4, 0.5) is 5.69 Å².